The van der Waals surface area contributed by atoms with E-state index in [1.807, 2.05) is 13.8 Å². The van der Waals surface area contributed by atoms with E-state index in [1.165, 1.54) is 24.3 Å². The van der Waals surface area contributed by atoms with Crippen LogP contribution in [0.5, 0.6) is 5.75 Å². The first kappa shape index (κ1) is 29.5. The Morgan fingerprint density at radius 1 is 0.829 bits per heavy atom. The van der Waals surface area contributed by atoms with E-state index in [4.69, 9.17) is 14.2 Å². The molecular formula is C33H35F5O3. The van der Waals surface area contributed by atoms with Gasteiger partial charge in [-0.05, 0) is 72.9 Å². The Labute approximate surface area is 237 Å². The Bertz CT molecular complexity index is 1340. The lowest BCUT2D eigenvalue weighted by Crippen LogP contribution is -2.37. The third-order valence-electron chi connectivity index (χ3n) is 8.08. The lowest BCUT2D eigenvalue weighted by molar-refractivity contribution is -0.222. The summed E-state index contributed by atoms with van der Waals surface area (Å²) in [7, 11) is 0. The minimum Gasteiger partial charge on any atom is -0.432 e. The fraction of sp³-hybridized carbons (Fsp3) is 0.455. The van der Waals surface area contributed by atoms with Crippen LogP contribution >= 0.6 is 0 Å². The van der Waals surface area contributed by atoms with Crippen LogP contribution < -0.4 is 4.74 Å². The fourth-order valence-electron chi connectivity index (χ4n) is 5.77. The van der Waals surface area contributed by atoms with Crippen molar-refractivity contribution in [3.8, 4) is 16.9 Å². The van der Waals surface area contributed by atoms with Gasteiger partial charge in [0.1, 0.15) is 23.2 Å². The van der Waals surface area contributed by atoms with E-state index < -0.39 is 35.8 Å². The van der Waals surface area contributed by atoms with Gasteiger partial charge in [-0.15, -0.1) is 0 Å². The monoisotopic (exact) mass is 574 g/mol. The number of hydrogen-bond donors (Lipinski definition) is 0. The highest BCUT2D eigenvalue weighted by Gasteiger charge is 2.44. The Morgan fingerprint density at radius 3 is 2.20 bits per heavy atom. The first-order chi connectivity index (χ1) is 19.6. The first-order valence-corrected chi connectivity index (χ1v) is 14.3. The molecule has 3 aromatic rings. The minimum atomic E-state index is -3.47. The quantitative estimate of drug-likeness (QED) is 0.251. The second-order valence-corrected chi connectivity index (χ2v) is 11.3. The van der Waals surface area contributed by atoms with Gasteiger partial charge in [-0.25, -0.2) is 13.2 Å². The van der Waals surface area contributed by atoms with Gasteiger partial charge in [0, 0.05) is 23.1 Å². The van der Waals surface area contributed by atoms with Crippen LogP contribution in [0.25, 0.3) is 11.1 Å². The molecule has 0 aromatic heterocycles. The molecule has 3 aromatic carbocycles. The standard InChI is InChI=1S/C33H35F5O3/c1-3-4-22-7-12-26(17-29(22)34)41-33(37,38)25-10-5-21(6-11-25)27-13-8-23(15-30(27)35)28-14-9-24(16-31(28)36)32-39-18-20(2)19-40-32/h7-9,12-17,20-21,25,32H,3-6,10-11,18-19H2,1-2H3. The van der Waals surface area contributed by atoms with Gasteiger partial charge in [0.25, 0.3) is 0 Å². The molecule has 0 atom stereocenters. The van der Waals surface area contributed by atoms with Crippen molar-refractivity contribution >= 4 is 0 Å². The highest BCUT2D eigenvalue weighted by atomic mass is 19.3. The van der Waals surface area contributed by atoms with Crippen LogP contribution in [0.3, 0.4) is 0 Å². The molecule has 1 heterocycles. The molecule has 0 N–H and O–H groups in total. The van der Waals surface area contributed by atoms with Crippen molar-refractivity contribution in [1.82, 2.24) is 0 Å². The molecule has 41 heavy (non-hydrogen) atoms. The highest BCUT2D eigenvalue weighted by Crippen LogP contribution is 2.44. The van der Waals surface area contributed by atoms with E-state index in [9.17, 15) is 13.2 Å². The van der Waals surface area contributed by atoms with E-state index in [2.05, 4.69) is 0 Å². The van der Waals surface area contributed by atoms with Crippen molar-refractivity contribution in [1.29, 1.82) is 0 Å². The molecule has 1 saturated carbocycles. The van der Waals surface area contributed by atoms with Gasteiger partial charge in [-0.2, -0.15) is 8.78 Å². The number of halogens is 5. The molecule has 5 rings (SSSR count). The van der Waals surface area contributed by atoms with E-state index in [0.717, 1.165) is 12.5 Å². The van der Waals surface area contributed by atoms with Crippen LogP contribution in [0.1, 0.15) is 74.8 Å². The summed E-state index contributed by atoms with van der Waals surface area (Å²) < 4.78 is 90.6. The molecule has 1 aliphatic heterocycles. The molecule has 0 amide bonds. The van der Waals surface area contributed by atoms with Crippen LogP contribution in [0.15, 0.2) is 54.6 Å². The molecule has 0 unspecified atom stereocenters. The molecule has 1 aliphatic carbocycles. The summed E-state index contributed by atoms with van der Waals surface area (Å²) in [5.41, 5.74) is 2.10. The number of ether oxygens (including phenoxy) is 3. The molecule has 2 fully saturated rings. The molecular weight excluding hydrogens is 539 g/mol. The zero-order valence-corrected chi connectivity index (χ0v) is 23.3. The van der Waals surface area contributed by atoms with Crippen molar-refractivity contribution < 1.29 is 36.2 Å². The maximum absolute atomic E-state index is 15.2. The van der Waals surface area contributed by atoms with Gasteiger partial charge in [-0.1, -0.05) is 50.6 Å². The predicted molar refractivity (Wildman–Crippen MR) is 146 cm³/mol. The molecule has 0 spiro atoms. The maximum Gasteiger partial charge on any atom is 0.400 e. The number of rotatable bonds is 8. The number of aryl methyl sites for hydroxylation is 1. The smallest absolute Gasteiger partial charge is 0.400 e. The molecule has 8 heteroatoms. The van der Waals surface area contributed by atoms with E-state index in [-0.39, 0.29) is 36.0 Å². The summed E-state index contributed by atoms with van der Waals surface area (Å²) in [6, 6.07) is 13.1. The lowest BCUT2D eigenvalue weighted by atomic mass is 9.77. The topological polar surface area (TPSA) is 27.7 Å². The summed E-state index contributed by atoms with van der Waals surface area (Å²) in [5.74, 6) is -2.79. The van der Waals surface area contributed by atoms with Gasteiger partial charge >= 0.3 is 6.11 Å². The summed E-state index contributed by atoms with van der Waals surface area (Å²) in [5, 5.41) is 0. The molecule has 0 bridgehead atoms. The first-order valence-electron chi connectivity index (χ1n) is 14.3. The van der Waals surface area contributed by atoms with Crippen LogP contribution in [0, 0.1) is 29.3 Å². The number of hydrogen-bond acceptors (Lipinski definition) is 3. The lowest BCUT2D eigenvalue weighted by Gasteiger charge is -2.33. The van der Waals surface area contributed by atoms with Crippen LogP contribution in [0.2, 0.25) is 0 Å². The van der Waals surface area contributed by atoms with E-state index in [0.29, 0.717) is 54.7 Å². The third kappa shape index (κ3) is 6.75. The highest BCUT2D eigenvalue weighted by molar-refractivity contribution is 5.65. The Morgan fingerprint density at radius 2 is 1.56 bits per heavy atom. The summed E-state index contributed by atoms with van der Waals surface area (Å²) >= 11 is 0. The Balaban J connectivity index is 1.21. The molecule has 1 saturated heterocycles. The van der Waals surface area contributed by atoms with Crippen LogP contribution in [-0.4, -0.2) is 19.3 Å². The zero-order chi connectivity index (χ0) is 29.1. The predicted octanol–water partition coefficient (Wildman–Crippen LogP) is 9.35. The van der Waals surface area contributed by atoms with Gasteiger partial charge in [0.15, 0.2) is 6.29 Å². The van der Waals surface area contributed by atoms with Crippen molar-refractivity contribution in [2.45, 2.75) is 70.7 Å². The molecule has 3 nitrogen and oxygen atoms in total. The summed E-state index contributed by atoms with van der Waals surface area (Å²) in [6.07, 6.45) is -1.86. The van der Waals surface area contributed by atoms with Crippen LogP contribution in [-0.2, 0) is 15.9 Å². The van der Waals surface area contributed by atoms with Gasteiger partial charge in [-0.3, -0.25) is 0 Å². The average Bonchev–Trinajstić information content (AvgIpc) is 2.95. The van der Waals surface area contributed by atoms with Gasteiger partial charge in [0.05, 0.1) is 19.1 Å². The molecule has 0 radical (unpaired) electrons. The van der Waals surface area contributed by atoms with Gasteiger partial charge in [0.2, 0.25) is 0 Å². The average molecular weight is 575 g/mol. The number of alkyl halides is 2. The third-order valence-corrected chi connectivity index (χ3v) is 8.08. The minimum absolute atomic E-state index is 0.134. The van der Waals surface area contributed by atoms with Crippen LogP contribution in [0.4, 0.5) is 22.0 Å². The zero-order valence-electron chi connectivity index (χ0n) is 23.3. The largest absolute Gasteiger partial charge is 0.432 e. The second-order valence-electron chi connectivity index (χ2n) is 11.3. The van der Waals surface area contributed by atoms with Crippen molar-refractivity contribution in [2.24, 2.45) is 11.8 Å². The number of benzene rings is 3. The van der Waals surface area contributed by atoms with Crippen molar-refractivity contribution in [2.75, 3.05) is 13.2 Å². The van der Waals surface area contributed by atoms with Crippen molar-refractivity contribution in [3.05, 3.63) is 88.7 Å². The van der Waals surface area contributed by atoms with Gasteiger partial charge < -0.3 is 14.2 Å². The SMILES string of the molecule is CCCc1ccc(OC(F)(F)C2CCC(c3ccc(-c4ccc(C5OCC(C)CO5)cc4F)cc3F)CC2)cc1F. The van der Waals surface area contributed by atoms with E-state index in [1.54, 1.807) is 24.3 Å². The summed E-state index contributed by atoms with van der Waals surface area (Å²) in [6.45, 7) is 4.97. The Hall–Kier alpha value is -2.97. The maximum atomic E-state index is 15.2. The fourth-order valence-corrected chi connectivity index (χ4v) is 5.77. The Kier molecular flexibility index (Phi) is 9.00. The second kappa shape index (κ2) is 12.5. The van der Waals surface area contributed by atoms with Crippen molar-refractivity contribution in [3.63, 3.8) is 0 Å². The molecule has 2 aliphatic rings. The summed E-state index contributed by atoms with van der Waals surface area (Å²) in [4.78, 5) is 0. The van der Waals surface area contributed by atoms with E-state index >= 15 is 8.78 Å². The molecule has 220 valence electrons. The normalized spacial score (nSPS) is 23.4.